The molecular formula is C19H35NS. The molecular weight excluding hydrogens is 274 g/mol. The molecule has 2 heteroatoms. The van der Waals surface area contributed by atoms with Gasteiger partial charge in [0.2, 0.25) is 0 Å². The molecule has 1 heterocycles. The van der Waals surface area contributed by atoms with Crippen LogP contribution >= 0.6 is 11.3 Å². The summed E-state index contributed by atoms with van der Waals surface area (Å²) >= 11 is 1.90. The molecule has 122 valence electrons. The fraction of sp³-hybridized carbons (Fsp3) is 0.789. The van der Waals surface area contributed by atoms with Crippen LogP contribution in [0.2, 0.25) is 0 Å². The summed E-state index contributed by atoms with van der Waals surface area (Å²) in [6.45, 7) is 5.70. The summed E-state index contributed by atoms with van der Waals surface area (Å²) < 4.78 is 0. The quantitative estimate of drug-likeness (QED) is 0.404. The zero-order valence-corrected chi connectivity index (χ0v) is 15.0. The summed E-state index contributed by atoms with van der Waals surface area (Å²) in [5, 5.41) is 5.93. The van der Waals surface area contributed by atoms with Crippen LogP contribution in [-0.2, 0) is 6.42 Å². The molecule has 1 unspecified atom stereocenters. The molecule has 0 spiro atoms. The maximum absolute atomic E-state index is 3.73. The minimum absolute atomic E-state index is 0.684. The largest absolute Gasteiger partial charge is 0.314 e. The third-order valence-corrected chi connectivity index (χ3v) is 5.02. The molecule has 1 aromatic heterocycles. The number of thiophene rings is 1. The Morgan fingerprint density at radius 2 is 1.67 bits per heavy atom. The second kappa shape index (κ2) is 13.3. The molecule has 1 nitrogen and oxygen atoms in total. The van der Waals surface area contributed by atoms with Crippen molar-refractivity contribution in [1.82, 2.24) is 5.32 Å². The van der Waals surface area contributed by atoms with Crippen molar-refractivity contribution in [3.05, 3.63) is 22.4 Å². The topological polar surface area (TPSA) is 12.0 Å². The van der Waals surface area contributed by atoms with Crippen LogP contribution in [0.15, 0.2) is 17.5 Å². The van der Waals surface area contributed by atoms with Gasteiger partial charge in [0.15, 0.2) is 0 Å². The Bertz CT molecular complexity index is 307. The van der Waals surface area contributed by atoms with Crippen LogP contribution in [0.3, 0.4) is 0 Å². The van der Waals surface area contributed by atoms with Gasteiger partial charge in [0.1, 0.15) is 0 Å². The molecule has 0 radical (unpaired) electrons. The zero-order chi connectivity index (χ0) is 15.2. The molecule has 0 aliphatic rings. The van der Waals surface area contributed by atoms with E-state index in [4.69, 9.17) is 0 Å². The minimum Gasteiger partial charge on any atom is -0.314 e. The Hall–Kier alpha value is -0.340. The highest BCUT2D eigenvalue weighted by Gasteiger charge is 2.09. The van der Waals surface area contributed by atoms with Crippen molar-refractivity contribution in [3.8, 4) is 0 Å². The van der Waals surface area contributed by atoms with Crippen molar-refractivity contribution in [2.24, 2.45) is 0 Å². The molecule has 0 fully saturated rings. The van der Waals surface area contributed by atoms with Crippen molar-refractivity contribution in [1.29, 1.82) is 0 Å². The van der Waals surface area contributed by atoms with Crippen LogP contribution in [0.4, 0.5) is 0 Å². The molecule has 0 bridgehead atoms. The Kier molecular flexibility index (Phi) is 11.9. The van der Waals surface area contributed by atoms with Gasteiger partial charge in [-0.05, 0) is 37.3 Å². The number of hydrogen-bond acceptors (Lipinski definition) is 2. The van der Waals surface area contributed by atoms with E-state index >= 15 is 0 Å². The van der Waals surface area contributed by atoms with Crippen molar-refractivity contribution in [2.75, 3.05) is 6.54 Å². The fourth-order valence-corrected chi connectivity index (χ4v) is 3.61. The Balaban J connectivity index is 2.08. The molecule has 1 N–H and O–H groups in total. The SMILES string of the molecule is CCCCCCCCCCC(Cc1cccs1)NCCC. The fourth-order valence-electron chi connectivity index (χ4n) is 2.82. The van der Waals surface area contributed by atoms with Crippen molar-refractivity contribution in [2.45, 2.75) is 90.5 Å². The molecule has 1 aromatic rings. The van der Waals surface area contributed by atoms with Crippen LogP contribution < -0.4 is 5.32 Å². The molecule has 0 saturated heterocycles. The Labute approximate surface area is 136 Å². The summed E-state index contributed by atoms with van der Waals surface area (Å²) in [6.07, 6.45) is 15.1. The number of hydrogen-bond donors (Lipinski definition) is 1. The molecule has 0 amide bonds. The van der Waals surface area contributed by atoms with Gasteiger partial charge in [0.05, 0.1) is 0 Å². The van der Waals surface area contributed by atoms with Gasteiger partial charge in [-0.15, -0.1) is 11.3 Å². The molecule has 0 aromatic carbocycles. The summed E-state index contributed by atoms with van der Waals surface area (Å²) in [5.41, 5.74) is 0. The van der Waals surface area contributed by atoms with E-state index in [1.54, 1.807) is 0 Å². The standard InChI is InChI=1S/C19H35NS/c1-3-5-6-7-8-9-10-11-13-18(20-15-4-2)17-19-14-12-16-21-19/h12,14,16,18,20H,3-11,13,15,17H2,1-2H3. The van der Waals surface area contributed by atoms with Crippen LogP contribution in [0, 0.1) is 0 Å². The lowest BCUT2D eigenvalue weighted by Crippen LogP contribution is -2.31. The highest BCUT2D eigenvalue weighted by atomic mass is 32.1. The first-order valence-electron chi connectivity index (χ1n) is 9.12. The van der Waals surface area contributed by atoms with Crippen LogP contribution in [0.1, 0.15) is 82.9 Å². The van der Waals surface area contributed by atoms with Crippen LogP contribution in [0.5, 0.6) is 0 Å². The average molecular weight is 310 g/mol. The highest BCUT2D eigenvalue weighted by Crippen LogP contribution is 2.16. The third kappa shape index (κ3) is 10.1. The van der Waals surface area contributed by atoms with E-state index in [1.165, 1.54) is 75.5 Å². The normalized spacial score (nSPS) is 12.7. The monoisotopic (exact) mass is 309 g/mol. The number of unbranched alkanes of at least 4 members (excludes halogenated alkanes) is 7. The van der Waals surface area contributed by atoms with E-state index in [2.05, 4.69) is 36.7 Å². The van der Waals surface area contributed by atoms with E-state index < -0.39 is 0 Å². The third-order valence-electron chi connectivity index (χ3n) is 4.12. The predicted octanol–water partition coefficient (Wildman–Crippen LogP) is 6.19. The number of rotatable bonds is 14. The Morgan fingerprint density at radius 1 is 0.952 bits per heavy atom. The van der Waals surface area contributed by atoms with E-state index in [9.17, 15) is 0 Å². The summed E-state index contributed by atoms with van der Waals surface area (Å²) in [4.78, 5) is 1.53. The lowest BCUT2D eigenvalue weighted by molar-refractivity contribution is 0.451. The van der Waals surface area contributed by atoms with Gasteiger partial charge in [-0.3, -0.25) is 0 Å². The Morgan fingerprint density at radius 3 is 2.29 bits per heavy atom. The number of nitrogens with one attached hydrogen (secondary N) is 1. The molecule has 1 rings (SSSR count). The lowest BCUT2D eigenvalue weighted by Gasteiger charge is -2.17. The van der Waals surface area contributed by atoms with E-state index in [-0.39, 0.29) is 0 Å². The molecule has 0 aliphatic heterocycles. The minimum atomic E-state index is 0.684. The van der Waals surface area contributed by atoms with E-state index in [0.717, 1.165) is 6.54 Å². The van der Waals surface area contributed by atoms with E-state index in [1.807, 2.05) is 11.3 Å². The van der Waals surface area contributed by atoms with Crippen molar-refractivity contribution < 1.29 is 0 Å². The van der Waals surface area contributed by atoms with Crippen LogP contribution in [-0.4, -0.2) is 12.6 Å². The van der Waals surface area contributed by atoms with Gasteiger partial charge >= 0.3 is 0 Å². The van der Waals surface area contributed by atoms with Gasteiger partial charge in [-0.25, -0.2) is 0 Å². The molecule has 21 heavy (non-hydrogen) atoms. The molecule has 1 atom stereocenters. The van der Waals surface area contributed by atoms with Gasteiger partial charge < -0.3 is 5.32 Å². The van der Waals surface area contributed by atoms with Crippen molar-refractivity contribution >= 4 is 11.3 Å². The summed E-state index contributed by atoms with van der Waals surface area (Å²) in [6, 6.07) is 5.13. The van der Waals surface area contributed by atoms with Gasteiger partial charge in [-0.2, -0.15) is 0 Å². The predicted molar refractivity (Wildman–Crippen MR) is 97.3 cm³/mol. The maximum atomic E-state index is 3.73. The smallest absolute Gasteiger partial charge is 0.0115 e. The summed E-state index contributed by atoms with van der Waals surface area (Å²) in [7, 11) is 0. The van der Waals surface area contributed by atoms with E-state index in [0.29, 0.717) is 6.04 Å². The molecule has 0 saturated carbocycles. The first-order chi connectivity index (χ1) is 10.4. The summed E-state index contributed by atoms with van der Waals surface area (Å²) in [5.74, 6) is 0. The second-order valence-electron chi connectivity index (χ2n) is 6.20. The molecule has 0 aliphatic carbocycles. The highest BCUT2D eigenvalue weighted by molar-refractivity contribution is 7.09. The van der Waals surface area contributed by atoms with Crippen LogP contribution in [0.25, 0.3) is 0 Å². The first-order valence-corrected chi connectivity index (χ1v) is 10.0. The average Bonchev–Trinajstić information content (AvgIpc) is 3.00. The second-order valence-corrected chi connectivity index (χ2v) is 7.23. The van der Waals surface area contributed by atoms with Gasteiger partial charge in [0, 0.05) is 10.9 Å². The van der Waals surface area contributed by atoms with Crippen molar-refractivity contribution in [3.63, 3.8) is 0 Å². The maximum Gasteiger partial charge on any atom is 0.0115 e. The van der Waals surface area contributed by atoms with Gasteiger partial charge in [-0.1, -0.05) is 71.3 Å². The zero-order valence-electron chi connectivity index (χ0n) is 14.2. The van der Waals surface area contributed by atoms with Gasteiger partial charge in [0.25, 0.3) is 0 Å². The lowest BCUT2D eigenvalue weighted by atomic mass is 10.0. The first kappa shape index (κ1) is 18.7.